The van der Waals surface area contributed by atoms with Gasteiger partial charge >= 0.3 is 19.8 Å². The minimum atomic E-state index is -4.37. The highest BCUT2D eigenvalue weighted by molar-refractivity contribution is 7.47. The third-order valence-electron chi connectivity index (χ3n) is 9.48. The van der Waals surface area contributed by atoms with Crippen molar-refractivity contribution in [2.75, 3.05) is 47.5 Å². The zero-order valence-electron chi connectivity index (χ0n) is 35.7. The van der Waals surface area contributed by atoms with E-state index in [-0.39, 0.29) is 32.0 Å². The Morgan fingerprint density at radius 2 is 1.00 bits per heavy atom. The summed E-state index contributed by atoms with van der Waals surface area (Å²) in [5.74, 6) is -0.799. The smallest absolute Gasteiger partial charge is 0.462 e. The lowest BCUT2D eigenvalue weighted by atomic mass is 10.1. The number of unbranched alkanes of at least 4 members (excludes halogenated alkanes) is 22. The maximum absolute atomic E-state index is 12.6. The van der Waals surface area contributed by atoms with E-state index in [0.29, 0.717) is 17.4 Å². The van der Waals surface area contributed by atoms with Gasteiger partial charge in [-0.3, -0.25) is 18.6 Å². The van der Waals surface area contributed by atoms with Crippen LogP contribution in [-0.2, 0) is 32.7 Å². The molecule has 0 aliphatic rings. The maximum Gasteiger partial charge on any atom is 0.472 e. The fourth-order valence-corrected chi connectivity index (χ4v) is 6.73. The summed E-state index contributed by atoms with van der Waals surface area (Å²) in [5.41, 5.74) is 0. The van der Waals surface area contributed by atoms with Crippen LogP contribution in [0.2, 0.25) is 0 Å². The maximum atomic E-state index is 12.6. The molecule has 318 valence electrons. The number of esters is 2. The molecule has 0 saturated heterocycles. The number of carbonyl (C=O) groups excluding carboxylic acids is 2. The number of carbonyl (C=O) groups is 2. The van der Waals surface area contributed by atoms with Gasteiger partial charge in [0.1, 0.15) is 19.8 Å². The van der Waals surface area contributed by atoms with Crippen LogP contribution in [-0.4, -0.2) is 74.9 Å². The molecule has 0 aromatic heterocycles. The molecule has 0 aliphatic carbocycles. The molecule has 0 bridgehead atoms. The van der Waals surface area contributed by atoms with Crippen molar-refractivity contribution in [2.24, 2.45) is 0 Å². The topological polar surface area (TPSA) is 108 Å². The van der Waals surface area contributed by atoms with E-state index in [2.05, 4.69) is 38.2 Å². The largest absolute Gasteiger partial charge is 0.472 e. The molecular weight excluding hydrogens is 701 g/mol. The van der Waals surface area contributed by atoms with Crippen LogP contribution in [0.25, 0.3) is 0 Å². The van der Waals surface area contributed by atoms with Crippen LogP contribution >= 0.6 is 7.82 Å². The minimum Gasteiger partial charge on any atom is -0.462 e. The first-order valence-corrected chi connectivity index (χ1v) is 23.6. The number of rotatable bonds is 40. The number of hydrogen-bond donors (Lipinski definition) is 1. The zero-order chi connectivity index (χ0) is 40.0. The lowest BCUT2D eigenvalue weighted by molar-refractivity contribution is -0.870. The van der Waals surface area contributed by atoms with Gasteiger partial charge in [-0.25, -0.2) is 4.57 Å². The van der Waals surface area contributed by atoms with E-state index < -0.39 is 26.5 Å². The second-order valence-corrected chi connectivity index (χ2v) is 17.5. The van der Waals surface area contributed by atoms with Gasteiger partial charge in [0.05, 0.1) is 27.7 Å². The predicted molar refractivity (Wildman–Crippen MR) is 224 cm³/mol. The highest BCUT2D eigenvalue weighted by Gasteiger charge is 2.27. The molecule has 0 rings (SSSR count). The van der Waals surface area contributed by atoms with Gasteiger partial charge in [0, 0.05) is 12.8 Å². The summed E-state index contributed by atoms with van der Waals surface area (Å²) in [4.78, 5) is 35.3. The number of ether oxygens (including phenoxy) is 2. The van der Waals surface area contributed by atoms with Crippen molar-refractivity contribution in [2.45, 2.75) is 200 Å². The van der Waals surface area contributed by atoms with E-state index in [1.807, 2.05) is 21.1 Å². The highest BCUT2D eigenvalue weighted by atomic mass is 31.2. The Hall–Kier alpha value is -1.51. The van der Waals surface area contributed by atoms with Crippen molar-refractivity contribution in [3.63, 3.8) is 0 Å². The second-order valence-electron chi connectivity index (χ2n) is 16.1. The summed E-state index contributed by atoms with van der Waals surface area (Å²) in [7, 11) is 1.48. The molecule has 0 fully saturated rings. The van der Waals surface area contributed by atoms with Gasteiger partial charge in [-0.2, -0.15) is 0 Å². The normalized spacial score (nSPS) is 13.8. The third-order valence-corrected chi connectivity index (χ3v) is 10.5. The number of quaternary nitrogens is 1. The Morgan fingerprint density at radius 3 is 1.50 bits per heavy atom. The van der Waals surface area contributed by atoms with Gasteiger partial charge in [0.25, 0.3) is 0 Å². The van der Waals surface area contributed by atoms with Gasteiger partial charge in [-0.05, 0) is 44.9 Å². The van der Waals surface area contributed by atoms with Crippen molar-refractivity contribution in [1.29, 1.82) is 0 Å². The Kier molecular flexibility index (Phi) is 36.1. The number of nitrogens with zero attached hydrogens (tertiary/aromatic N) is 1. The molecule has 0 aromatic rings. The molecule has 54 heavy (non-hydrogen) atoms. The Balaban J connectivity index is 4.29. The lowest BCUT2D eigenvalue weighted by Gasteiger charge is -2.24. The lowest BCUT2D eigenvalue weighted by Crippen LogP contribution is -2.37. The van der Waals surface area contributed by atoms with Gasteiger partial charge in [-0.1, -0.05) is 160 Å². The summed E-state index contributed by atoms with van der Waals surface area (Å²) >= 11 is 0. The SMILES string of the molecule is CCCCC/C=C/C/C=C/CCCCCCCCCCCC(=O)OC[C@@H](COP(=O)(O)OCC[N+](C)(C)C)OC(=O)CCCCCCCCCCCCC. The molecule has 0 amide bonds. The van der Waals surface area contributed by atoms with Gasteiger partial charge < -0.3 is 18.9 Å². The first kappa shape index (κ1) is 52.5. The zero-order valence-corrected chi connectivity index (χ0v) is 36.6. The van der Waals surface area contributed by atoms with Gasteiger partial charge in [0.15, 0.2) is 6.10 Å². The van der Waals surface area contributed by atoms with Crippen molar-refractivity contribution >= 4 is 19.8 Å². The first-order valence-electron chi connectivity index (χ1n) is 22.1. The highest BCUT2D eigenvalue weighted by Crippen LogP contribution is 2.43. The van der Waals surface area contributed by atoms with E-state index in [0.717, 1.165) is 38.5 Å². The Bertz CT molecular complexity index is 980. The molecule has 0 aromatic carbocycles. The molecule has 2 atom stereocenters. The Morgan fingerprint density at radius 1 is 0.574 bits per heavy atom. The average molecular weight is 787 g/mol. The number of hydrogen-bond acceptors (Lipinski definition) is 7. The van der Waals surface area contributed by atoms with Crippen LogP contribution in [0.3, 0.4) is 0 Å². The molecule has 9 nitrogen and oxygen atoms in total. The van der Waals surface area contributed by atoms with Gasteiger partial charge in [-0.15, -0.1) is 0 Å². The van der Waals surface area contributed by atoms with Gasteiger partial charge in [0.2, 0.25) is 0 Å². The van der Waals surface area contributed by atoms with E-state index in [4.69, 9.17) is 18.5 Å². The van der Waals surface area contributed by atoms with Crippen LogP contribution < -0.4 is 0 Å². The van der Waals surface area contributed by atoms with E-state index in [1.54, 1.807) is 0 Å². The molecular formula is C44H85NO8P+. The van der Waals surface area contributed by atoms with Crippen LogP contribution in [0.15, 0.2) is 24.3 Å². The average Bonchev–Trinajstić information content (AvgIpc) is 3.12. The third kappa shape index (κ3) is 40.2. The predicted octanol–water partition coefficient (Wildman–Crippen LogP) is 12.4. The van der Waals surface area contributed by atoms with Crippen molar-refractivity contribution in [1.82, 2.24) is 0 Å². The van der Waals surface area contributed by atoms with E-state index in [9.17, 15) is 19.0 Å². The fraction of sp³-hybridized carbons (Fsp3) is 0.864. The number of phosphoric ester groups is 1. The minimum absolute atomic E-state index is 0.0329. The number of allylic oxidation sites excluding steroid dienone is 4. The molecule has 10 heteroatoms. The molecule has 1 N–H and O–H groups in total. The van der Waals surface area contributed by atoms with Crippen molar-refractivity contribution in [3.05, 3.63) is 24.3 Å². The quantitative estimate of drug-likeness (QED) is 0.0215. The molecule has 0 heterocycles. The Labute approximate surface area is 332 Å². The van der Waals surface area contributed by atoms with E-state index >= 15 is 0 Å². The number of likely N-dealkylation sites (N-methyl/N-ethyl adjacent to an activating group) is 1. The summed E-state index contributed by atoms with van der Waals surface area (Å²) in [6.45, 7) is 4.39. The van der Waals surface area contributed by atoms with Crippen molar-refractivity contribution in [3.8, 4) is 0 Å². The molecule has 1 unspecified atom stereocenters. The fourth-order valence-electron chi connectivity index (χ4n) is 5.99. The van der Waals surface area contributed by atoms with Crippen LogP contribution in [0, 0.1) is 0 Å². The molecule has 0 spiro atoms. The standard InChI is InChI=1S/C44H84NO8P/c1-6-8-10-12-14-16-18-19-20-21-22-23-24-25-27-28-30-32-34-36-43(46)50-40-42(41-52-54(48,49)51-39-38-45(3,4)5)53-44(47)37-35-33-31-29-26-17-15-13-11-9-7-2/h14,16,19-20,42H,6-13,15,17-18,21-41H2,1-5H3/p+1/b16-14+,20-19+/t42-/m0/s1. The number of phosphoric acid groups is 1. The monoisotopic (exact) mass is 787 g/mol. The first-order chi connectivity index (χ1) is 26.0. The molecule has 0 saturated carbocycles. The van der Waals surface area contributed by atoms with Crippen LogP contribution in [0.5, 0.6) is 0 Å². The van der Waals surface area contributed by atoms with Crippen LogP contribution in [0.4, 0.5) is 0 Å². The molecule has 0 aliphatic heterocycles. The second kappa shape index (κ2) is 37.1. The summed E-state index contributed by atoms with van der Waals surface area (Å²) in [6.07, 6.45) is 39.3. The summed E-state index contributed by atoms with van der Waals surface area (Å²) < 4.78 is 34.3. The summed E-state index contributed by atoms with van der Waals surface area (Å²) in [5, 5.41) is 0. The van der Waals surface area contributed by atoms with Crippen LogP contribution in [0.1, 0.15) is 194 Å². The van der Waals surface area contributed by atoms with E-state index in [1.165, 1.54) is 122 Å². The summed E-state index contributed by atoms with van der Waals surface area (Å²) in [6, 6.07) is 0. The van der Waals surface area contributed by atoms with Crippen molar-refractivity contribution < 1.29 is 42.1 Å². The molecule has 0 radical (unpaired) electrons.